The molecule has 0 spiro atoms. The number of benzene rings is 2. The van der Waals surface area contributed by atoms with Crippen LogP contribution in [0.25, 0.3) is 22.0 Å². The topological polar surface area (TPSA) is 62.3 Å². The van der Waals surface area contributed by atoms with Crippen LogP contribution in [0.2, 0.25) is 0 Å². The molecule has 4 rings (SSSR count). The van der Waals surface area contributed by atoms with Gasteiger partial charge in [0, 0.05) is 41.6 Å². The van der Waals surface area contributed by atoms with E-state index in [1.165, 1.54) is 0 Å². The SMILES string of the molecule is COc1nccc2c(-c3cc(N)c(C)cc3Oc3ccccc3)cn(C)c12. The van der Waals surface area contributed by atoms with Crippen molar-refractivity contribution in [3.63, 3.8) is 0 Å². The molecular formula is C22H21N3O2. The minimum Gasteiger partial charge on any atom is -0.479 e. The van der Waals surface area contributed by atoms with Gasteiger partial charge in [0.2, 0.25) is 5.88 Å². The lowest BCUT2D eigenvalue weighted by Gasteiger charge is -2.14. The summed E-state index contributed by atoms with van der Waals surface area (Å²) in [4.78, 5) is 4.32. The summed E-state index contributed by atoms with van der Waals surface area (Å²) >= 11 is 0. The van der Waals surface area contributed by atoms with Crippen LogP contribution in [-0.4, -0.2) is 16.7 Å². The number of aryl methyl sites for hydroxylation is 2. The lowest BCUT2D eigenvalue weighted by Crippen LogP contribution is -1.94. The molecule has 0 radical (unpaired) electrons. The normalized spacial score (nSPS) is 10.9. The van der Waals surface area contributed by atoms with Gasteiger partial charge in [0.05, 0.1) is 7.11 Å². The molecule has 136 valence electrons. The first-order valence-corrected chi connectivity index (χ1v) is 8.70. The number of ether oxygens (including phenoxy) is 2. The van der Waals surface area contributed by atoms with Gasteiger partial charge >= 0.3 is 0 Å². The molecule has 2 aromatic heterocycles. The Balaban J connectivity index is 1.94. The number of rotatable bonds is 4. The fourth-order valence-corrected chi connectivity index (χ4v) is 3.29. The van der Waals surface area contributed by atoms with E-state index in [-0.39, 0.29) is 0 Å². The van der Waals surface area contributed by atoms with E-state index in [1.54, 1.807) is 13.3 Å². The van der Waals surface area contributed by atoms with Gasteiger partial charge in [-0.1, -0.05) is 18.2 Å². The third-order valence-electron chi connectivity index (χ3n) is 4.68. The minimum absolute atomic E-state index is 0.590. The van der Waals surface area contributed by atoms with Crippen molar-refractivity contribution < 1.29 is 9.47 Å². The fourth-order valence-electron chi connectivity index (χ4n) is 3.29. The van der Waals surface area contributed by atoms with E-state index < -0.39 is 0 Å². The van der Waals surface area contributed by atoms with Crippen LogP contribution in [0.4, 0.5) is 5.69 Å². The zero-order chi connectivity index (χ0) is 19.0. The second kappa shape index (κ2) is 6.68. The Hall–Kier alpha value is -3.47. The molecule has 0 aliphatic rings. The lowest BCUT2D eigenvalue weighted by molar-refractivity contribution is 0.401. The lowest BCUT2D eigenvalue weighted by atomic mass is 10.0. The number of pyridine rings is 1. The van der Waals surface area contributed by atoms with E-state index in [0.29, 0.717) is 5.88 Å². The molecule has 0 fully saturated rings. The molecule has 0 saturated carbocycles. The molecule has 5 heteroatoms. The predicted octanol–water partition coefficient (Wildman–Crippen LogP) is 4.93. The first-order chi connectivity index (χ1) is 13.1. The molecule has 0 aliphatic carbocycles. The third-order valence-corrected chi connectivity index (χ3v) is 4.68. The van der Waals surface area contributed by atoms with Gasteiger partial charge in [-0.15, -0.1) is 0 Å². The summed E-state index contributed by atoms with van der Waals surface area (Å²) in [6, 6.07) is 15.7. The summed E-state index contributed by atoms with van der Waals surface area (Å²) in [6.07, 6.45) is 3.80. The molecule has 0 unspecified atom stereocenters. The van der Waals surface area contributed by atoms with Gasteiger partial charge in [0.25, 0.3) is 0 Å². The molecule has 0 bridgehead atoms. The van der Waals surface area contributed by atoms with E-state index in [2.05, 4.69) is 11.2 Å². The largest absolute Gasteiger partial charge is 0.479 e. The number of hydrogen-bond acceptors (Lipinski definition) is 4. The molecule has 2 N–H and O–H groups in total. The Labute approximate surface area is 158 Å². The second-order valence-electron chi connectivity index (χ2n) is 6.49. The molecule has 0 atom stereocenters. The van der Waals surface area contributed by atoms with Crippen LogP contribution in [0.1, 0.15) is 5.56 Å². The molecule has 0 aliphatic heterocycles. The zero-order valence-corrected chi connectivity index (χ0v) is 15.6. The summed E-state index contributed by atoms with van der Waals surface area (Å²) in [6.45, 7) is 1.98. The van der Waals surface area contributed by atoms with Crippen molar-refractivity contribution in [3.8, 4) is 28.5 Å². The highest BCUT2D eigenvalue weighted by Crippen LogP contribution is 2.41. The zero-order valence-electron chi connectivity index (χ0n) is 15.6. The van der Waals surface area contributed by atoms with Crippen LogP contribution in [0.3, 0.4) is 0 Å². The van der Waals surface area contributed by atoms with Gasteiger partial charge in [0.15, 0.2) is 0 Å². The first-order valence-electron chi connectivity index (χ1n) is 8.70. The van der Waals surface area contributed by atoms with Gasteiger partial charge in [-0.05, 0) is 42.8 Å². The number of nitrogens with zero attached hydrogens (tertiary/aromatic N) is 2. The van der Waals surface area contributed by atoms with Crippen LogP contribution >= 0.6 is 0 Å². The van der Waals surface area contributed by atoms with Gasteiger partial charge < -0.3 is 19.8 Å². The Morgan fingerprint density at radius 1 is 1.04 bits per heavy atom. The fraction of sp³-hybridized carbons (Fsp3) is 0.136. The number of hydrogen-bond donors (Lipinski definition) is 1. The van der Waals surface area contributed by atoms with Crippen LogP contribution in [0, 0.1) is 6.92 Å². The number of aromatic nitrogens is 2. The highest BCUT2D eigenvalue weighted by molar-refractivity contribution is 6.00. The number of para-hydroxylation sites is 1. The summed E-state index contributed by atoms with van der Waals surface area (Å²) in [5.41, 5.74) is 10.8. The maximum atomic E-state index is 6.23. The second-order valence-corrected chi connectivity index (χ2v) is 6.49. The van der Waals surface area contributed by atoms with Crippen molar-refractivity contribution >= 4 is 16.6 Å². The summed E-state index contributed by atoms with van der Waals surface area (Å²) in [7, 11) is 3.60. The molecule has 27 heavy (non-hydrogen) atoms. The Morgan fingerprint density at radius 2 is 1.81 bits per heavy atom. The van der Waals surface area contributed by atoms with Gasteiger partial charge in [0.1, 0.15) is 17.0 Å². The molecule has 5 nitrogen and oxygen atoms in total. The smallest absolute Gasteiger partial charge is 0.238 e. The molecule has 2 aromatic carbocycles. The summed E-state index contributed by atoms with van der Waals surface area (Å²) in [5.74, 6) is 2.13. The average Bonchev–Trinajstić information content (AvgIpc) is 3.02. The van der Waals surface area contributed by atoms with Crippen LogP contribution in [0.5, 0.6) is 17.4 Å². The molecule has 0 amide bonds. The van der Waals surface area contributed by atoms with E-state index in [1.807, 2.05) is 67.1 Å². The van der Waals surface area contributed by atoms with E-state index in [0.717, 1.165) is 44.8 Å². The first kappa shape index (κ1) is 17.0. The maximum absolute atomic E-state index is 6.23. The van der Waals surface area contributed by atoms with E-state index >= 15 is 0 Å². The van der Waals surface area contributed by atoms with Crippen molar-refractivity contribution in [1.82, 2.24) is 9.55 Å². The monoisotopic (exact) mass is 359 g/mol. The van der Waals surface area contributed by atoms with Gasteiger partial charge in [-0.3, -0.25) is 0 Å². The number of anilines is 1. The Morgan fingerprint density at radius 3 is 2.56 bits per heavy atom. The van der Waals surface area contributed by atoms with Crippen molar-refractivity contribution in [3.05, 3.63) is 66.5 Å². The van der Waals surface area contributed by atoms with Crippen molar-refractivity contribution in [2.24, 2.45) is 7.05 Å². The highest BCUT2D eigenvalue weighted by atomic mass is 16.5. The van der Waals surface area contributed by atoms with Crippen molar-refractivity contribution in [2.75, 3.05) is 12.8 Å². The summed E-state index contributed by atoms with van der Waals surface area (Å²) < 4.78 is 13.7. The number of fused-ring (bicyclic) bond motifs is 1. The maximum Gasteiger partial charge on any atom is 0.238 e. The van der Waals surface area contributed by atoms with Crippen LogP contribution in [-0.2, 0) is 7.05 Å². The number of nitrogens with two attached hydrogens (primary N) is 1. The molecule has 0 saturated heterocycles. The van der Waals surface area contributed by atoms with Crippen LogP contribution < -0.4 is 15.2 Å². The van der Waals surface area contributed by atoms with Crippen molar-refractivity contribution in [2.45, 2.75) is 6.92 Å². The Bertz CT molecular complexity index is 1120. The minimum atomic E-state index is 0.590. The molecular weight excluding hydrogens is 338 g/mol. The predicted molar refractivity (Wildman–Crippen MR) is 108 cm³/mol. The standard InChI is InChI=1S/C22H21N3O2/c1-14-11-20(27-15-7-5-4-6-8-15)17(12-19(14)23)18-13-25(2)21-16(18)9-10-24-22(21)26-3/h4-13H,23H2,1-3H3. The van der Waals surface area contributed by atoms with Crippen LogP contribution in [0.15, 0.2) is 60.9 Å². The van der Waals surface area contributed by atoms with E-state index in [4.69, 9.17) is 15.2 Å². The van der Waals surface area contributed by atoms with E-state index in [9.17, 15) is 0 Å². The van der Waals surface area contributed by atoms with Crippen molar-refractivity contribution in [1.29, 1.82) is 0 Å². The quantitative estimate of drug-likeness (QED) is 0.525. The third kappa shape index (κ3) is 2.97. The van der Waals surface area contributed by atoms with Gasteiger partial charge in [-0.25, -0.2) is 4.98 Å². The highest BCUT2D eigenvalue weighted by Gasteiger charge is 2.18. The average molecular weight is 359 g/mol. The number of nitrogen functional groups attached to an aromatic ring is 1. The van der Waals surface area contributed by atoms with Gasteiger partial charge in [-0.2, -0.15) is 0 Å². The Kier molecular flexibility index (Phi) is 4.20. The summed E-state index contributed by atoms with van der Waals surface area (Å²) in [5, 5.41) is 1.03. The number of methoxy groups -OCH3 is 1. The molecule has 4 aromatic rings. The molecule has 2 heterocycles.